The third kappa shape index (κ3) is 5.93. The summed E-state index contributed by atoms with van der Waals surface area (Å²) in [5.74, 6) is 1.55. The van der Waals surface area contributed by atoms with Crippen molar-refractivity contribution in [3.8, 4) is 11.5 Å². The molecule has 0 aliphatic heterocycles. The molecule has 2 aromatic rings. The van der Waals surface area contributed by atoms with Gasteiger partial charge in [0.2, 0.25) is 5.91 Å². The number of hydrogen-bond donors (Lipinski definition) is 1. The molecule has 0 saturated carbocycles. The summed E-state index contributed by atoms with van der Waals surface area (Å²) in [5, 5.41) is 2.86. The van der Waals surface area contributed by atoms with Crippen LogP contribution in [0, 0.1) is 6.92 Å². The van der Waals surface area contributed by atoms with Gasteiger partial charge >= 0.3 is 0 Å². The molecule has 0 aliphatic rings. The van der Waals surface area contributed by atoms with E-state index in [1.165, 1.54) is 5.56 Å². The number of hydrogen-bond acceptors (Lipinski definition) is 4. The first-order valence-corrected chi connectivity index (χ1v) is 7.89. The molecule has 0 aliphatic carbocycles. The zero-order chi connectivity index (χ0) is 17.4. The summed E-state index contributed by atoms with van der Waals surface area (Å²) in [6.07, 6.45) is 0. The predicted octanol–water partition coefficient (Wildman–Crippen LogP) is 2.95. The fraction of sp³-hybridized carbons (Fsp3) is 0.316. The normalized spacial score (nSPS) is 10.5. The maximum absolute atomic E-state index is 12.0. The lowest BCUT2D eigenvalue weighted by atomic mass is 10.2. The highest BCUT2D eigenvalue weighted by Crippen LogP contribution is 2.15. The Morgan fingerprint density at radius 2 is 1.67 bits per heavy atom. The third-order valence-corrected chi connectivity index (χ3v) is 3.55. The molecule has 1 amide bonds. The lowest BCUT2D eigenvalue weighted by molar-refractivity contribution is -0.117. The minimum absolute atomic E-state index is 0.0574. The molecule has 1 N–H and O–H groups in total. The SMILES string of the molecule is COc1ccc(NC(=O)CN(C)CCOc2ccc(C)cc2)cc1. The minimum atomic E-state index is -0.0574. The average molecular weight is 328 g/mol. The van der Waals surface area contributed by atoms with E-state index in [4.69, 9.17) is 9.47 Å². The van der Waals surface area contributed by atoms with Crippen molar-refractivity contribution in [3.63, 3.8) is 0 Å². The van der Waals surface area contributed by atoms with E-state index < -0.39 is 0 Å². The maximum atomic E-state index is 12.0. The number of rotatable bonds is 8. The van der Waals surface area contributed by atoms with E-state index in [1.807, 2.05) is 67.4 Å². The summed E-state index contributed by atoms with van der Waals surface area (Å²) in [6.45, 7) is 3.56. The molecule has 0 spiro atoms. The monoisotopic (exact) mass is 328 g/mol. The number of carbonyl (C=O) groups is 1. The molecular weight excluding hydrogens is 304 g/mol. The number of amides is 1. The molecule has 0 radical (unpaired) electrons. The molecule has 2 aromatic carbocycles. The van der Waals surface area contributed by atoms with Crippen LogP contribution in [0.5, 0.6) is 11.5 Å². The van der Waals surface area contributed by atoms with E-state index in [2.05, 4.69) is 5.32 Å². The molecule has 0 aromatic heterocycles. The Morgan fingerprint density at radius 1 is 1.04 bits per heavy atom. The molecule has 5 nitrogen and oxygen atoms in total. The third-order valence-electron chi connectivity index (χ3n) is 3.55. The van der Waals surface area contributed by atoms with Gasteiger partial charge in [-0.25, -0.2) is 0 Å². The van der Waals surface area contributed by atoms with Crippen LogP contribution < -0.4 is 14.8 Å². The smallest absolute Gasteiger partial charge is 0.238 e. The van der Waals surface area contributed by atoms with E-state index >= 15 is 0 Å². The van der Waals surface area contributed by atoms with Crippen molar-refractivity contribution in [2.75, 3.05) is 39.2 Å². The van der Waals surface area contributed by atoms with Gasteiger partial charge in [0.25, 0.3) is 0 Å². The number of carbonyl (C=O) groups excluding carboxylic acids is 1. The number of benzene rings is 2. The van der Waals surface area contributed by atoms with Crippen molar-refractivity contribution >= 4 is 11.6 Å². The fourth-order valence-electron chi connectivity index (χ4n) is 2.15. The summed E-state index contributed by atoms with van der Waals surface area (Å²) >= 11 is 0. The molecule has 0 fully saturated rings. The molecule has 0 unspecified atom stereocenters. The van der Waals surface area contributed by atoms with E-state index in [1.54, 1.807) is 7.11 Å². The van der Waals surface area contributed by atoms with Crippen molar-refractivity contribution in [2.45, 2.75) is 6.92 Å². The summed E-state index contributed by atoms with van der Waals surface area (Å²) in [4.78, 5) is 13.9. The second kappa shape index (κ2) is 8.93. The van der Waals surface area contributed by atoms with Crippen molar-refractivity contribution < 1.29 is 14.3 Å². The summed E-state index contributed by atoms with van der Waals surface area (Å²) in [5.41, 5.74) is 1.96. The van der Waals surface area contributed by atoms with Crippen LogP contribution in [0.2, 0.25) is 0 Å². The largest absolute Gasteiger partial charge is 0.497 e. The topological polar surface area (TPSA) is 50.8 Å². The number of likely N-dealkylation sites (N-methyl/N-ethyl adjacent to an activating group) is 1. The first kappa shape index (κ1) is 17.8. The summed E-state index contributed by atoms with van der Waals surface area (Å²) < 4.78 is 10.8. The highest BCUT2D eigenvalue weighted by Gasteiger charge is 2.07. The van der Waals surface area contributed by atoms with Crippen LogP contribution in [0.1, 0.15) is 5.56 Å². The van der Waals surface area contributed by atoms with Crippen LogP contribution in [-0.2, 0) is 4.79 Å². The van der Waals surface area contributed by atoms with Crippen LogP contribution in [0.15, 0.2) is 48.5 Å². The fourth-order valence-corrected chi connectivity index (χ4v) is 2.15. The predicted molar refractivity (Wildman–Crippen MR) is 95.8 cm³/mol. The molecule has 24 heavy (non-hydrogen) atoms. The molecule has 128 valence electrons. The zero-order valence-corrected chi connectivity index (χ0v) is 14.4. The van der Waals surface area contributed by atoms with Gasteiger partial charge in [0.1, 0.15) is 18.1 Å². The van der Waals surface area contributed by atoms with Crippen LogP contribution >= 0.6 is 0 Å². The maximum Gasteiger partial charge on any atom is 0.238 e. The minimum Gasteiger partial charge on any atom is -0.497 e. The number of anilines is 1. The number of ether oxygens (including phenoxy) is 2. The van der Waals surface area contributed by atoms with Crippen LogP contribution in [0.4, 0.5) is 5.69 Å². The lowest BCUT2D eigenvalue weighted by Crippen LogP contribution is -2.33. The van der Waals surface area contributed by atoms with Gasteiger partial charge in [0, 0.05) is 12.2 Å². The second-order valence-electron chi connectivity index (χ2n) is 5.68. The number of aryl methyl sites for hydroxylation is 1. The van der Waals surface area contributed by atoms with Gasteiger partial charge in [0.05, 0.1) is 13.7 Å². The molecule has 5 heteroatoms. The average Bonchev–Trinajstić information content (AvgIpc) is 2.57. The second-order valence-corrected chi connectivity index (χ2v) is 5.68. The van der Waals surface area contributed by atoms with E-state index in [0.29, 0.717) is 19.7 Å². The van der Waals surface area contributed by atoms with Crippen molar-refractivity contribution in [2.24, 2.45) is 0 Å². The van der Waals surface area contributed by atoms with Crippen LogP contribution in [0.3, 0.4) is 0 Å². The Bertz CT molecular complexity index is 639. The Hall–Kier alpha value is -2.53. The number of nitrogens with zero attached hydrogens (tertiary/aromatic N) is 1. The van der Waals surface area contributed by atoms with Crippen molar-refractivity contribution in [1.29, 1.82) is 0 Å². The molecule has 0 heterocycles. The van der Waals surface area contributed by atoms with Crippen LogP contribution in [0.25, 0.3) is 0 Å². The highest BCUT2D eigenvalue weighted by molar-refractivity contribution is 5.92. The highest BCUT2D eigenvalue weighted by atomic mass is 16.5. The first-order chi connectivity index (χ1) is 11.6. The molecule has 0 saturated heterocycles. The van der Waals surface area contributed by atoms with E-state index in [0.717, 1.165) is 17.2 Å². The van der Waals surface area contributed by atoms with Crippen molar-refractivity contribution in [3.05, 3.63) is 54.1 Å². The standard InChI is InChI=1S/C19H24N2O3/c1-15-4-8-18(9-5-15)24-13-12-21(2)14-19(22)20-16-6-10-17(23-3)11-7-16/h4-11H,12-14H2,1-3H3,(H,20,22). The van der Waals surface area contributed by atoms with Gasteiger partial charge in [-0.3, -0.25) is 9.69 Å². The van der Waals surface area contributed by atoms with Gasteiger partial charge in [-0.2, -0.15) is 0 Å². The van der Waals surface area contributed by atoms with Gasteiger partial charge < -0.3 is 14.8 Å². The lowest BCUT2D eigenvalue weighted by Gasteiger charge is -2.16. The van der Waals surface area contributed by atoms with Gasteiger partial charge in [0.15, 0.2) is 0 Å². The molecule has 0 atom stereocenters. The van der Waals surface area contributed by atoms with Gasteiger partial charge in [-0.1, -0.05) is 17.7 Å². The zero-order valence-electron chi connectivity index (χ0n) is 14.4. The first-order valence-electron chi connectivity index (χ1n) is 7.89. The van der Waals surface area contributed by atoms with Crippen LogP contribution in [-0.4, -0.2) is 44.7 Å². The molecule has 2 rings (SSSR count). The summed E-state index contributed by atoms with van der Waals surface area (Å²) in [7, 11) is 3.51. The number of nitrogens with one attached hydrogen (secondary N) is 1. The summed E-state index contributed by atoms with van der Waals surface area (Å²) in [6, 6.07) is 15.2. The Labute approximate surface area is 143 Å². The van der Waals surface area contributed by atoms with Crippen molar-refractivity contribution in [1.82, 2.24) is 4.90 Å². The van der Waals surface area contributed by atoms with Gasteiger partial charge in [-0.15, -0.1) is 0 Å². The molecule has 0 bridgehead atoms. The Kier molecular flexibility index (Phi) is 6.63. The van der Waals surface area contributed by atoms with Gasteiger partial charge in [-0.05, 0) is 50.4 Å². The number of methoxy groups -OCH3 is 1. The quantitative estimate of drug-likeness (QED) is 0.809. The molecular formula is C19H24N2O3. The van der Waals surface area contributed by atoms with E-state index in [-0.39, 0.29) is 5.91 Å². The Balaban J connectivity index is 1.69. The Morgan fingerprint density at radius 3 is 2.29 bits per heavy atom. The van der Waals surface area contributed by atoms with E-state index in [9.17, 15) is 4.79 Å².